The topological polar surface area (TPSA) is 78.4 Å². The fraction of sp³-hybridized carbons (Fsp3) is 0.800. The van der Waals surface area contributed by atoms with Crippen LogP contribution >= 0.6 is 0 Å². The molecule has 0 aromatic carbocycles. The molecule has 0 saturated carbocycles. The number of alkyl halides is 3. The van der Waals surface area contributed by atoms with E-state index in [2.05, 4.69) is 5.32 Å². The molecule has 5 nitrogen and oxygen atoms in total. The molecule has 1 amide bonds. The van der Waals surface area contributed by atoms with Crippen molar-refractivity contribution in [1.82, 2.24) is 10.6 Å². The molecule has 0 rings (SSSR count). The average molecular weight is 270 g/mol. The Morgan fingerprint density at radius 1 is 1.33 bits per heavy atom. The van der Waals surface area contributed by atoms with E-state index in [0.29, 0.717) is 6.42 Å². The first-order valence-corrected chi connectivity index (χ1v) is 5.50. The van der Waals surface area contributed by atoms with Crippen LogP contribution in [0.25, 0.3) is 0 Å². The second kappa shape index (κ2) is 7.91. The maximum absolute atomic E-state index is 11.8. The number of rotatable bonds is 8. The van der Waals surface area contributed by atoms with Gasteiger partial charge in [0, 0.05) is 13.0 Å². The van der Waals surface area contributed by atoms with E-state index in [-0.39, 0.29) is 18.9 Å². The summed E-state index contributed by atoms with van der Waals surface area (Å²) in [5, 5.41) is 12.9. The van der Waals surface area contributed by atoms with Crippen LogP contribution in [0.4, 0.5) is 13.2 Å². The van der Waals surface area contributed by atoms with Crippen LogP contribution < -0.4 is 10.6 Å². The number of halogens is 3. The highest BCUT2D eigenvalue weighted by molar-refractivity contribution is 5.78. The molecule has 8 heteroatoms. The molecule has 0 aliphatic rings. The molecule has 1 unspecified atom stereocenters. The van der Waals surface area contributed by atoms with Crippen molar-refractivity contribution in [3.8, 4) is 0 Å². The molecule has 0 radical (unpaired) electrons. The van der Waals surface area contributed by atoms with Crippen LogP contribution in [0.2, 0.25) is 0 Å². The van der Waals surface area contributed by atoms with E-state index >= 15 is 0 Å². The maximum atomic E-state index is 11.8. The minimum atomic E-state index is -4.35. The molecule has 0 aromatic heterocycles. The van der Waals surface area contributed by atoms with Crippen molar-refractivity contribution in [2.75, 3.05) is 19.6 Å². The molecule has 0 fully saturated rings. The van der Waals surface area contributed by atoms with Crippen molar-refractivity contribution in [2.24, 2.45) is 5.92 Å². The van der Waals surface area contributed by atoms with Crippen LogP contribution in [0.5, 0.6) is 0 Å². The summed E-state index contributed by atoms with van der Waals surface area (Å²) in [6.07, 6.45) is -3.86. The zero-order chi connectivity index (χ0) is 14.2. The first-order chi connectivity index (χ1) is 8.24. The van der Waals surface area contributed by atoms with E-state index in [9.17, 15) is 22.8 Å². The predicted octanol–water partition coefficient (Wildman–Crippen LogP) is 0.755. The summed E-state index contributed by atoms with van der Waals surface area (Å²) >= 11 is 0. The highest BCUT2D eigenvalue weighted by atomic mass is 19.4. The lowest BCUT2D eigenvalue weighted by Gasteiger charge is -2.14. The van der Waals surface area contributed by atoms with Gasteiger partial charge in [-0.1, -0.05) is 13.3 Å². The Kier molecular flexibility index (Phi) is 7.33. The average Bonchev–Trinajstić information content (AvgIpc) is 2.21. The Hall–Kier alpha value is -1.31. The summed E-state index contributed by atoms with van der Waals surface area (Å²) in [4.78, 5) is 21.6. The molecule has 0 aliphatic heterocycles. The van der Waals surface area contributed by atoms with Crippen LogP contribution in [-0.2, 0) is 9.59 Å². The molecule has 0 aromatic rings. The number of carboxylic acid groups (broad SMARTS) is 1. The SMILES string of the molecule is CCC(CNC(=O)CNCC(F)(F)F)CC(=O)O. The Morgan fingerprint density at radius 3 is 2.39 bits per heavy atom. The molecule has 18 heavy (non-hydrogen) atoms. The molecule has 0 saturated heterocycles. The van der Waals surface area contributed by atoms with Gasteiger partial charge in [-0.2, -0.15) is 13.2 Å². The van der Waals surface area contributed by atoms with Crippen molar-refractivity contribution in [2.45, 2.75) is 25.9 Å². The van der Waals surface area contributed by atoms with Crippen LogP contribution in [0.15, 0.2) is 0 Å². The predicted molar refractivity (Wildman–Crippen MR) is 58.0 cm³/mol. The highest BCUT2D eigenvalue weighted by Crippen LogP contribution is 2.11. The third-order valence-electron chi connectivity index (χ3n) is 2.24. The summed E-state index contributed by atoms with van der Waals surface area (Å²) in [6, 6.07) is 0. The van der Waals surface area contributed by atoms with E-state index in [1.165, 1.54) is 0 Å². The van der Waals surface area contributed by atoms with Gasteiger partial charge >= 0.3 is 12.1 Å². The van der Waals surface area contributed by atoms with E-state index in [4.69, 9.17) is 5.11 Å². The summed E-state index contributed by atoms with van der Waals surface area (Å²) in [7, 11) is 0. The number of amides is 1. The van der Waals surface area contributed by atoms with Gasteiger partial charge in [-0.25, -0.2) is 0 Å². The molecule has 3 N–H and O–H groups in total. The Labute approximate surface area is 103 Å². The zero-order valence-corrected chi connectivity index (χ0v) is 10.0. The van der Waals surface area contributed by atoms with E-state index in [1.54, 1.807) is 6.92 Å². The second-order valence-electron chi connectivity index (χ2n) is 3.89. The van der Waals surface area contributed by atoms with Crippen LogP contribution in [-0.4, -0.2) is 42.8 Å². The van der Waals surface area contributed by atoms with E-state index in [1.807, 2.05) is 5.32 Å². The molecule has 0 spiro atoms. The van der Waals surface area contributed by atoms with Gasteiger partial charge in [0.25, 0.3) is 0 Å². The summed E-state index contributed by atoms with van der Waals surface area (Å²) < 4.78 is 35.3. The normalized spacial score (nSPS) is 13.1. The summed E-state index contributed by atoms with van der Waals surface area (Å²) in [6.45, 7) is 0.257. The van der Waals surface area contributed by atoms with Gasteiger partial charge in [0.05, 0.1) is 13.1 Å². The molecule has 106 valence electrons. The van der Waals surface area contributed by atoms with Gasteiger partial charge in [-0.3, -0.25) is 9.59 Å². The number of carbonyl (C=O) groups excluding carboxylic acids is 1. The third kappa shape index (κ3) is 9.88. The first kappa shape index (κ1) is 16.7. The van der Waals surface area contributed by atoms with E-state index < -0.39 is 31.1 Å². The summed E-state index contributed by atoms with van der Waals surface area (Å²) in [5.74, 6) is -1.76. The van der Waals surface area contributed by atoms with Gasteiger partial charge in [0.2, 0.25) is 5.91 Å². The molecule has 0 bridgehead atoms. The van der Waals surface area contributed by atoms with E-state index in [0.717, 1.165) is 0 Å². The quantitative estimate of drug-likeness (QED) is 0.608. The Balaban J connectivity index is 3.78. The first-order valence-electron chi connectivity index (χ1n) is 5.50. The Morgan fingerprint density at radius 2 is 1.94 bits per heavy atom. The van der Waals surface area contributed by atoms with Crippen molar-refractivity contribution in [1.29, 1.82) is 0 Å². The lowest BCUT2D eigenvalue weighted by atomic mass is 10.0. The number of nitrogens with one attached hydrogen (secondary N) is 2. The molecule has 0 aliphatic carbocycles. The van der Waals surface area contributed by atoms with Crippen LogP contribution in [0, 0.1) is 5.92 Å². The zero-order valence-electron chi connectivity index (χ0n) is 10.0. The minimum Gasteiger partial charge on any atom is -0.481 e. The lowest BCUT2D eigenvalue weighted by molar-refractivity contribution is -0.138. The number of carboxylic acids is 1. The minimum absolute atomic E-state index is 0.0766. The standard InChI is InChI=1S/C10H17F3N2O3/c1-2-7(3-9(17)18)4-15-8(16)5-14-6-10(11,12)13/h7,14H,2-6H2,1H3,(H,15,16)(H,17,18). The number of hydrogen-bond donors (Lipinski definition) is 3. The van der Waals surface area contributed by atoms with Crippen LogP contribution in [0.3, 0.4) is 0 Å². The maximum Gasteiger partial charge on any atom is 0.401 e. The van der Waals surface area contributed by atoms with Crippen molar-refractivity contribution >= 4 is 11.9 Å². The fourth-order valence-corrected chi connectivity index (χ4v) is 1.25. The molecule has 1 atom stereocenters. The monoisotopic (exact) mass is 270 g/mol. The largest absolute Gasteiger partial charge is 0.481 e. The molecular weight excluding hydrogens is 253 g/mol. The van der Waals surface area contributed by atoms with Gasteiger partial charge in [0.1, 0.15) is 0 Å². The number of aliphatic carboxylic acids is 1. The highest BCUT2D eigenvalue weighted by Gasteiger charge is 2.26. The smallest absolute Gasteiger partial charge is 0.401 e. The van der Waals surface area contributed by atoms with Crippen LogP contribution in [0.1, 0.15) is 19.8 Å². The second-order valence-corrected chi connectivity index (χ2v) is 3.89. The lowest BCUT2D eigenvalue weighted by Crippen LogP contribution is -2.40. The van der Waals surface area contributed by atoms with Gasteiger partial charge < -0.3 is 15.7 Å². The van der Waals surface area contributed by atoms with Gasteiger partial charge in [0.15, 0.2) is 0 Å². The summed E-state index contributed by atoms with van der Waals surface area (Å²) in [5.41, 5.74) is 0. The number of hydrogen-bond acceptors (Lipinski definition) is 3. The molecular formula is C10H17F3N2O3. The third-order valence-corrected chi connectivity index (χ3v) is 2.24. The van der Waals surface area contributed by atoms with Gasteiger partial charge in [-0.15, -0.1) is 0 Å². The fourth-order valence-electron chi connectivity index (χ4n) is 1.25. The molecule has 0 heterocycles. The Bertz CT molecular complexity index is 282. The van der Waals surface area contributed by atoms with Gasteiger partial charge in [-0.05, 0) is 5.92 Å². The van der Waals surface area contributed by atoms with Crippen molar-refractivity contribution in [3.63, 3.8) is 0 Å². The van der Waals surface area contributed by atoms with Crippen molar-refractivity contribution < 1.29 is 27.9 Å². The number of carbonyl (C=O) groups is 2. The van der Waals surface area contributed by atoms with Crippen molar-refractivity contribution in [3.05, 3.63) is 0 Å².